The molecule has 2 heterocycles. The maximum absolute atomic E-state index is 12.8. The van der Waals surface area contributed by atoms with Crippen LogP contribution in [-0.2, 0) is 11.2 Å². The van der Waals surface area contributed by atoms with Gasteiger partial charge < -0.3 is 18.9 Å². The van der Waals surface area contributed by atoms with Crippen molar-refractivity contribution >= 4 is 5.91 Å². The molecule has 0 aliphatic carbocycles. The Balaban J connectivity index is 1.42. The van der Waals surface area contributed by atoms with Crippen LogP contribution in [0.1, 0.15) is 30.2 Å². The average molecular weight is 407 g/mol. The van der Waals surface area contributed by atoms with E-state index in [1.165, 1.54) is 0 Å². The van der Waals surface area contributed by atoms with Crippen LogP contribution < -0.4 is 9.47 Å². The van der Waals surface area contributed by atoms with Gasteiger partial charge in [0.15, 0.2) is 0 Å². The number of carbonyl (C=O) groups excluding carboxylic acids is 1. The number of benzene rings is 2. The molecule has 3 aromatic rings. The summed E-state index contributed by atoms with van der Waals surface area (Å²) < 4.78 is 16.0. The summed E-state index contributed by atoms with van der Waals surface area (Å²) in [7, 11) is 3.26. The zero-order valence-electron chi connectivity index (χ0n) is 17.2. The zero-order chi connectivity index (χ0) is 20.9. The van der Waals surface area contributed by atoms with Gasteiger partial charge in [-0.15, -0.1) is 0 Å². The van der Waals surface area contributed by atoms with Crippen molar-refractivity contribution in [3.63, 3.8) is 0 Å². The highest BCUT2D eigenvalue weighted by atomic mass is 16.5. The summed E-state index contributed by atoms with van der Waals surface area (Å²) in [5.41, 5.74) is 1.81. The van der Waals surface area contributed by atoms with Crippen molar-refractivity contribution in [3.8, 4) is 22.9 Å². The summed E-state index contributed by atoms with van der Waals surface area (Å²) in [6, 6.07) is 15.2. The minimum absolute atomic E-state index is 0.0467. The van der Waals surface area contributed by atoms with E-state index in [1.54, 1.807) is 14.2 Å². The fourth-order valence-corrected chi connectivity index (χ4v) is 3.72. The molecular weight excluding hydrogens is 382 g/mol. The largest absolute Gasteiger partial charge is 0.497 e. The van der Waals surface area contributed by atoms with Crippen LogP contribution in [0, 0.1) is 0 Å². The van der Waals surface area contributed by atoms with Crippen molar-refractivity contribution in [2.24, 2.45) is 0 Å². The molecule has 1 unspecified atom stereocenters. The van der Waals surface area contributed by atoms with E-state index < -0.39 is 0 Å². The first-order valence-electron chi connectivity index (χ1n) is 10.0. The Morgan fingerprint density at radius 3 is 2.70 bits per heavy atom. The molecule has 1 aliphatic rings. The van der Waals surface area contributed by atoms with Gasteiger partial charge in [0.1, 0.15) is 11.5 Å². The van der Waals surface area contributed by atoms with E-state index in [0.717, 1.165) is 42.0 Å². The van der Waals surface area contributed by atoms with Crippen molar-refractivity contribution in [2.45, 2.75) is 25.2 Å². The van der Waals surface area contributed by atoms with Crippen LogP contribution in [0.3, 0.4) is 0 Å². The Labute approximate surface area is 175 Å². The fourth-order valence-electron chi connectivity index (χ4n) is 3.72. The van der Waals surface area contributed by atoms with Crippen molar-refractivity contribution in [3.05, 3.63) is 60.0 Å². The monoisotopic (exact) mass is 407 g/mol. The quantitative estimate of drug-likeness (QED) is 0.620. The van der Waals surface area contributed by atoms with E-state index in [1.807, 2.05) is 53.4 Å². The number of piperidine rings is 1. The molecule has 1 fully saturated rings. The van der Waals surface area contributed by atoms with E-state index in [4.69, 9.17) is 14.0 Å². The molecule has 2 aromatic carbocycles. The second-order valence-corrected chi connectivity index (χ2v) is 7.39. The molecule has 7 heteroatoms. The van der Waals surface area contributed by atoms with E-state index in [-0.39, 0.29) is 11.8 Å². The molecule has 0 saturated carbocycles. The van der Waals surface area contributed by atoms with Gasteiger partial charge in [-0.2, -0.15) is 4.98 Å². The van der Waals surface area contributed by atoms with E-state index in [0.29, 0.717) is 24.7 Å². The number of nitrogens with zero attached hydrogens (tertiary/aromatic N) is 3. The zero-order valence-corrected chi connectivity index (χ0v) is 17.2. The molecule has 1 aromatic heterocycles. The SMILES string of the molecule is COc1ccc(CC(=O)N2CCCC(c3nc(-c4cccc(OC)c4)no3)C2)cc1. The van der Waals surface area contributed by atoms with Gasteiger partial charge in [0.05, 0.1) is 26.6 Å². The lowest BCUT2D eigenvalue weighted by molar-refractivity contribution is -0.131. The number of methoxy groups -OCH3 is 2. The molecule has 0 bridgehead atoms. The molecule has 1 saturated heterocycles. The third-order valence-corrected chi connectivity index (χ3v) is 5.41. The molecule has 7 nitrogen and oxygen atoms in total. The van der Waals surface area contributed by atoms with Crippen molar-refractivity contribution < 1.29 is 18.8 Å². The Morgan fingerprint density at radius 1 is 1.13 bits per heavy atom. The Morgan fingerprint density at radius 2 is 1.93 bits per heavy atom. The van der Waals surface area contributed by atoms with Crippen LogP contribution in [0.15, 0.2) is 53.1 Å². The average Bonchev–Trinajstić information content (AvgIpc) is 3.30. The second kappa shape index (κ2) is 8.98. The molecule has 30 heavy (non-hydrogen) atoms. The molecular formula is C23H25N3O4. The Bertz CT molecular complexity index is 1000. The summed E-state index contributed by atoms with van der Waals surface area (Å²) >= 11 is 0. The van der Waals surface area contributed by atoms with Gasteiger partial charge in [-0.1, -0.05) is 29.4 Å². The molecule has 1 atom stereocenters. The van der Waals surface area contributed by atoms with Gasteiger partial charge in [0, 0.05) is 18.7 Å². The van der Waals surface area contributed by atoms with Crippen LogP contribution in [0.5, 0.6) is 11.5 Å². The number of hydrogen-bond acceptors (Lipinski definition) is 6. The first kappa shape index (κ1) is 19.9. The van der Waals surface area contributed by atoms with Gasteiger partial charge in [0.2, 0.25) is 17.6 Å². The molecule has 0 N–H and O–H groups in total. The van der Waals surface area contributed by atoms with Crippen molar-refractivity contribution in [2.75, 3.05) is 27.3 Å². The lowest BCUT2D eigenvalue weighted by Gasteiger charge is -2.31. The second-order valence-electron chi connectivity index (χ2n) is 7.39. The smallest absolute Gasteiger partial charge is 0.231 e. The van der Waals surface area contributed by atoms with Crippen LogP contribution >= 0.6 is 0 Å². The minimum Gasteiger partial charge on any atom is -0.497 e. The molecule has 156 valence electrons. The first-order valence-corrected chi connectivity index (χ1v) is 10.0. The third kappa shape index (κ3) is 4.45. The molecule has 4 rings (SSSR count). The number of carbonyl (C=O) groups is 1. The highest BCUT2D eigenvalue weighted by Crippen LogP contribution is 2.29. The number of ether oxygens (including phenoxy) is 2. The van der Waals surface area contributed by atoms with Gasteiger partial charge in [-0.25, -0.2) is 0 Å². The highest BCUT2D eigenvalue weighted by molar-refractivity contribution is 5.79. The van der Waals surface area contributed by atoms with Crippen LogP contribution in [0.25, 0.3) is 11.4 Å². The molecule has 1 amide bonds. The summed E-state index contributed by atoms with van der Waals surface area (Å²) in [6.07, 6.45) is 2.21. The summed E-state index contributed by atoms with van der Waals surface area (Å²) in [5, 5.41) is 4.13. The standard InChI is InChI=1S/C23H25N3O4/c1-28-19-10-8-16(9-11-19)13-21(27)26-12-4-6-18(15-26)23-24-22(25-30-23)17-5-3-7-20(14-17)29-2/h3,5,7-11,14,18H,4,6,12-13,15H2,1-2H3. The molecule has 0 spiro atoms. The Kier molecular flexibility index (Phi) is 5.97. The third-order valence-electron chi connectivity index (χ3n) is 5.41. The number of rotatable bonds is 6. The van der Waals surface area contributed by atoms with Gasteiger partial charge in [0.25, 0.3) is 0 Å². The lowest BCUT2D eigenvalue weighted by atomic mass is 9.97. The van der Waals surface area contributed by atoms with Gasteiger partial charge in [-0.3, -0.25) is 4.79 Å². The summed E-state index contributed by atoms with van der Waals surface area (Å²) in [5.74, 6) is 2.79. The fraction of sp³-hybridized carbons (Fsp3) is 0.348. The number of hydrogen-bond donors (Lipinski definition) is 0. The topological polar surface area (TPSA) is 77.7 Å². The summed E-state index contributed by atoms with van der Waals surface area (Å²) in [4.78, 5) is 19.3. The predicted octanol–water partition coefficient (Wildman–Crippen LogP) is 3.70. The maximum atomic E-state index is 12.8. The predicted molar refractivity (Wildman–Crippen MR) is 112 cm³/mol. The summed E-state index contributed by atoms with van der Waals surface area (Å²) in [6.45, 7) is 1.34. The number of aromatic nitrogens is 2. The molecule has 1 aliphatic heterocycles. The Hall–Kier alpha value is -3.35. The number of amides is 1. The van der Waals surface area contributed by atoms with Gasteiger partial charge >= 0.3 is 0 Å². The van der Waals surface area contributed by atoms with Gasteiger partial charge in [-0.05, 0) is 42.7 Å². The minimum atomic E-state index is 0.0467. The normalized spacial score (nSPS) is 16.3. The first-order chi connectivity index (χ1) is 14.7. The number of likely N-dealkylation sites (tertiary alicyclic amines) is 1. The van der Waals surface area contributed by atoms with Crippen molar-refractivity contribution in [1.29, 1.82) is 0 Å². The van der Waals surface area contributed by atoms with Crippen molar-refractivity contribution in [1.82, 2.24) is 15.0 Å². The highest BCUT2D eigenvalue weighted by Gasteiger charge is 2.28. The maximum Gasteiger partial charge on any atom is 0.231 e. The molecule has 0 radical (unpaired) electrons. The van der Waals surface area contributed by atoms with Crippen LogP contribution in [0.2, 0.25) is 0 Å². The van der Waals surface area contributed by atoms with Crippen LogP contribution in [0.4, 0.5) is 0 Å². The van der Waals surface area contributed by atoms with Crippen LogP contribution in [-0.4, -0.2) is 48.3 Å². The van der Waals surface area contributed by atoms with E-state index in [2.05, 4.69) is 10.1 Å². The van der Waals surface area contributed by atoms with E-state index in [9.17, 15) is 4.79 Å². The van der Waals surface area contributed by atoms with E-state index >= 15 is 0 Å². The lowest BCUT2D eigenvalue weighted by Crippen LogP contribution is -2.40.